The molecule has 0 amide bonds. The van der Waals surface area contributed by atoms with Gasteiger partial charge >= 0.3 is 5.97 Å². The molecule has 2 aromatic rings. The molecule has 0 aliphatic carbocycles. The van der Waals surface area contributed by atoms with Crippen LogP contribution in [0.3, 0.4) is 0 Å². The third-order valence-corrected chi connectivity index (χ3v) is 3.53. The van der Waals surface area contributed by atoms with Crippen molar-refractivity contribution in [1.82, 2.24) is 19.5 Å². The molecule has 1 fully saturated rings. The summed E-state index contributed by atoms with van der Waals surface area (Å²) < 4.78 is 1.92. The molecule has 1 aliphatic heterocycles. The van der Waals surface area contributed by atoms with Crippen molar-refractivity contribution in [2.24, 2.45) is 0 Å². The first-order valence-electron chi connectivity index (χ1n) is 6.37. The lowest BCUT2D eigenvalue weighted by atomic mass is 10.2. The van der Waals surface area contributed by atoms with Gasteiger partial charge in [0.15, 0.2) is 17.0 Å². The van der Waals surface area contributed by atoms with E-state index < -0.39 is 12.0 Å². The molecule has 1 atom stereocenters. The molecule has 7 nitrogen and oxygen atoms in total. The molecule has 7 heteroatoms. The molecular weight excluding hydrogens is 246 g/mol. The Morgan fingerprint density at radius 1 is 1.47 bits per heavy atom. The van der Waals surface area contributed by atoms with E-state index in [1.165, 1.54) is 6.33 Å². The van der Waals surface area contributed by atoms with Crippen LogP contribution in [0.15, 0.2) is 12.7 Å². The Morgan fingerprint density at radius 3 is 3.05 bits per heavy atom. The van der Waals surface area contributed by atoms with Gasteiger partial charge in [-0.05, 0) is 19.8 Å². The number of imidazole rings is 1. The van der Waals surface area contributed by atoms with E-state index in [2.05, 4.69) is 15.0 Å². The van der Waals surface area contributed by atoms with Gasteiger partial charge < -0.3 is 14.6 Å². The molecule has 0 radical (unpaired) electrons. The number of aliphatic carboxylic acids is 1. The molecule has 1 N–H and O–H groups in total. The van der Waals surface area contributed by atoms with Gasteiger partial charge in [-0.2, -0.15) is 0 Å². The van der Waals surface area contributed by atoms with E-state index in [1.54, 1.807) is 6.33 Å². The van der Waals surface area contributed by atoms with E-state index in [1.807, 2.05) is 16.4 Å². The van der Waals surface area contributed by atoms with Crippen molar-refractivity contribution in [2.45, 2.75) is 32.4 Å². The normalized spacial score (nSPS) is 19.2. The van der Waals surface area contributed by atoms with Crippen LogP contribution in [0.5, 0.6) is 0 Å². The van der Waals surface area contributed by atoms with Crippen LogP contribution in [-0.4, -0.2) is 43.2 Å². The number of rotatable bonds is 3. The van der Waals surface area contributed by atoms with Crippen molar-refractivity contribution in [3.63, 3.8) is 0 Å². The summed E-state index contributed by atoms with van der Waals surface area (Å²) in [5.74, 6) is -0.179. The summed E-state index contributed by atoms with van der Waals surface area (Å²) in [5.41, 5.74) is 1.43. The first kappa shape index (κ1) is 11.9. The van der Waals surface area contributed by atoms with Crippen LogP contribution < -0.4 is 4.90 Å². The molecule has 1 aliphatic rings. The fourth-order valence-corrected chi connectivity index (χ4v) is 2.59. The summed E-state index contributed by atoms with van der Waals surface area (Å²) in [4.78, 5) is 25.9. The highest BCUT2D eigenvalue weighted by Crippen LogP contribution is 2.28. The second kappa shape index (κ2) is 4.49. The Morgan fingerprint density at radius 2 is 2.32 bits per heavy atom. The fourth-order valence-electron chi connectivity index (χ4n) is 2.59. The average Bonchev–Trinajstić information content (AvgIpc) is 3.04. The van der Waals surface area contributed by atoms with Crippen LogP contribution in [0.1, 0.15) is 19.8 Å². The molecule has 3 heterocycles. The van der Waals surface area contributed by atoms with Gasteiger partial charge in [-0.25, -0.2) is 19.7 Å². The predicted molar refractivity (Wildman–Crippen MR) is 69.0 cm³/mol. The minimum atomic E-state index is -0.806. The zero-order valence-electron chi connectivity index (χ0n) is 10.7. The Bertz CT molecular complexity index is 624. The average molecular weight is 261 g/mol. The van der Waals surface area contributed by atoms with Crippen molar-refractivity contribution in [1.29, 1.82) is 0 Å². The summed E-state index contributed by atoms with van der Waals surface area (Å²) in [7, 11) is 0. The number of nitrogens with zero attached hydrogens (tertiary/aromatic N) is 5. The molecular formula is C12H15N5O2. The van der Waals surface area contributed by atoms with Crippen molar-refractivity contribution in [2.75, 3.05) is 11.4 Å². The highest BCUT2D eigenvalue weighted by Gasteiger charge is 2.33. The van der Waals surface area contributed by atoms with E-state index in [-0.39, 0.29) is 0 Å². The Labute approximate surface area is 109 Å². The molecule has 0 bridgehead atoms. The molecule has 2 aromatic heterocycles. The third-order valence-electron chi connectivity index (χ3n) is 3.53. The zero-order chi connectivity index (χ0) is 13.4. The topological polar surface area (TPSA) is 84.1 Å². The molecule has 0 spiro atoms. The number of fused-ring (bicyclic) bond motifs is 1. The SMILES string of the molecule is CCn1cnc2c(N3CCC[C@H]3C(=O)O)ncnc21. The van der Waals surface area contributed by atoms with Crippen LogP contribution >= 0.6 is 0 Å². The first-order valence-corrected chi connectivity index (χ1v) is 6.37. The summed E-state index contributed by atoms with van der Waals surface area (Å²) in [6, 6.07) is -0.509. The minimum absolute atomic E-state index is 0.509. The van der Waals surface area contributed by atoms with Gasteiger partial charge in [0, 0.05) is 13.1 Å². The molecule has 19 heavy (non-hydrogen) atoms. The van der Waals surface area contributed by atoms with E-state index in [0.717, 1.165) is 18.6 Å². The zero-order valence-corrected chi connectivity index (χ0v) is 10.7. The van der Waals surface area contributed by atoms with Crippen LogP contribution in [0, 0.1) is 0 Å². The van der Waals surface area contributed by atoms with Crippen molar-refractivity contribution in [3.05, 3.63) is 12.7 Å². The maximum Gasteiger partial charge on any atom is 0.326 e. The van der Waals surface area contributed by atoms with Gasteiger partial charge in [0.2, 0.25) is 0 Å². The second-order valence-electron chi connectivity index (χ2n) is 4.59. The summed E-state index contributed by atoms with van der Waals surface area (Å²) >= 11 is 0. The lowest BCUT2D eigenvalue weighted by molar-refractivity contribution is -0.138. The van der Waals surface area contributed by atoms with Gasteiger partial charge in [0.1, 0.15) is 12.4 Å². The fraction of sp³-hybridized carbons (Fsp3) is 0.500. The number of carboxylic acids is 1. The number of anilines is 1. The molecule has 0 unspecified atom stereocenters. The van der Waals surface area contributed by atoms with Crippen LogP contribution in [0.25, 0.3) is 11.2 Å². The molecule has 0 aromatic carbocycles. The maximum atomic E-state index is 11.3. The van der Waals surface area contributed by atoms with Gasteiger partial charge in [0.05, 0.1) is 6.33 Å². The van der Waals surface area contributed by atoms with Crippen LogP contribution in [-0.2, 0) is 11.3 Å². The van der Waals surface area contributed by atoms with Crippen molar-refractivity contribution in [3.8, 4) is 0 Å². The van der Waals surface area contributed by atoms with E-state index in [4.69, 9.17) is 0 Å². The van der Waals surface area contributed by atoms with Crippen molar-refractivity contribution < 1.29 is 9.90 Å². The lowest BCUT2D eigenvalue weighted by Crippen LogP contribution is -2.36. The van der Waals surface area contributed by atoms with Crippen LogP contribution in [0.4, 0.5) is 5.82 Å². The number of carboxylic acid groups (broad SMARTS) is 1. The Hall–Kier alpha value is -2.18. The molecule has 3 rings (SSSR count). The summed E-state index contributed by atoms with van der Waals surface area (Å²) in [6.45, 7) is 3.48. The largest absolute Gasteiger partial charge is 0.480 e. The van der Waals surface area contributed by atoms with Gasteiger partial charge in [0.25, 0.3) is 0 Å². The third kappa shape index (κ3) is 1.81. The predicted octanol–water partition coefficient (Wildman–Crippen LogP) is 0.900. The Kier molecular flexibility index (Phi) is 2.81. The second-order valence-corrected chi connectivity index (χ2v) is 4.59. The summed E-state index contributed by atoms with van der Waals surface area (Å²) in [6.07, 6.45) is 4.70. The van der Waals surface area contributed by atoms with Crippen LogP contribution in [0.2, 0.25) is 0 Å². The lowest BCUT2D eigenvalue weighted by Gasteiger charge is -2.22. The number of hydrogen-bond acceptors (Lipinski definition) is 5. The number of aromatic nitrogens is 4. The highest BCUT2D eigenvalue weighted by atomic mass is 16.4. The molecule has 1 saturated heterocycles. The van der Waals surface area contributed by atoms with E-state index in [0.29, 0.717) is 24.3 Å². The maximum absolute atomic E-state index is 11.3. The molecule has 0 saturated carbocycles. The standard InChI is InChI=1S/C12H15N5O2/c1-2-16-7-15-9-10(16)13-6-14-11(9)17-5-3-4-8(17)12(18)19/h6-8H,2-5H2,1H3,(H,18,19)/t8-/m0/s1. The number of carbonyl (C=O) groups is 1. The smallest absolute Gasteiger partial charge is 0.326 e. The monoisotopic (exact) mass is 261 g/mol. The summed E-state index contributed by atoms with van der Waals surface area (Å²) in [5, 5.41) is 9.26. The minimum Gasteiger partial charge on any atom is -0.480 e. The number of hydrogen-bond donors (Lipinski definition) is 1. The highest BCUT2D eigenvalue weighted by molar-refractivity contribution is 5.87. The molecule has 100 valence electrons. The van der Waals surface area contributed by atoms with Gasteiger partial charge in [-0.3, -0.25) is 0 Å². The van der Waals surface area contributed by atoms with Crippen molar-refractivity contribution >= 4 is 23.0 Å². The van der Waals surface area contributed by atoms with Gasteiger partial charge in [-0.15, -0.1) is 0 Å². The first-order chi connectivity index (χ1) is 9.22. The quantitative estimate of drug-likeness (QED) is 0.883. The van der Waals surface area contributed by atoms with Gasteiger partial charge in [-0.1, -0.05) is 0 Å². The van der Waals surface area contributed by atoms with E-state index >= 15 is 0 Å². The van der Waals surface area contributed by atoms with E-state index in [9.17, 15) is 9.90 Å². The Balaban J connectivity index is 2.10. The number of aryl methyl sites for hydroxylation is 1.